The number of nitrogens with zero attached hydrogens (tertiary/aromatic N) is 4. The van der Waals surface area contributed by atoms with Gasteiger partial charge in [-0.3, -0.25) is 14.4 Å². The standard InChI is InChI=1S/C23H33N5O6S/c1-16(2)13-17(14-20(30)25-11-7-24-8-12-25)23(31)26-10-6-18-22(26)19(29)15-28(18)35(33,34)21-5-3-4-9-27(21)32/h3-5,9,16-18,22,24H,6-8,10-15H2,1-2H3. The van der Waals surface area contributed by atoms with Crippen molar-refractivity contribution in [3.63, 3.8) is 0 Å². The fourth-order valence-corrected chi connectivity index (χ4v) is 7.06. The van der Waals surface area contributed by atoms with Gasteiger partial charge in [-0.25, -0.2) is 8.42 Å². The van der Waals surface area contributed by atoms with Gasteiger partial charge >= 0.3 is 15.0 Å². The zero-order valence-electron chi connectivity index (χ0n) is 20.1. The van der Waals surface area contributed by atoms with Gasteiger partial charge in [-0.1, -0.05) is 13.8 Å². The van der Waals surface area contributed by atoms with Crippen LogP contribution < -0.4 is 10.0 Å². The van der Waals surface area contributed by atoms with Crippen molar-refractivity contribution in [1.82, 2.24) is 19.4 Å². The predicted octanol–water partition coefficient (Wildman–Crippen LogP) is -0.653. The van der Waals surface area contributed by atoms with Crippen molar-refractivity contribution in [2.75, 3.05) is 39.3 Å². The molecular formula is C23H33N5O6S. The third-order valence-electron chi connectivity index (χ3n) is 7.02. The van der Waals surface area contributed by atoms with Gasteiger partial charge in [-0.15, -0.1) is 0 Å². The molecule has 2 amide bonds. The second-order valence-corrected chi connectivity index (χ2v) is 11.7. The molecule has 0 saturated carbocycles. The number of ketones is 1. The van der Waals surface area contributed by atoms with Crippen molar-refractivity contribution in [3.8, 4) is 0 Å². The van der Waals surface area contributed by atoms with E-state index >= 15 is 0 Å². The molecule has 3 fully saturated rings. The van der Waals surface area contributed by atoms with Gasteiger partial charge in [0.25, 0.3) is 0 Å². The van der Waals surface area contributed by atoms with E-state index in [0.717, 1.165) is 10.5 Å². The van der Waals surface area contributed by atoms with Crippen molar-refractivity contribution in [2.24, 2.45) is 11.8 Å². The Labute approximate surface area is 205 Å². The molecule has 4 heterocycles. The van der Waals surface area contributed by atoms with Gasteiger partial charge in [0, 0.05) is 57.2 Å². The number of Topliss-reactive ketones (excluding diaryl/α,β-unsaturated/α-hetero) is 1. The summed E-state index contributed by atoms with van der Waals surface area (Å²) in [5, 5.41) is 14.9. The van der Waals surface area contributed by atoms with Crippen LogP contribution in [0.1, 0.15) is 33.1 Å². The molecule has 0 radical (unpaired) electrons. The molecule has 3 aliphatic rings. The summed E-state index contributed by atoms with van der Waals surface area (Å²) >= 11 is 0. The summed E-state index contributed by atoms with van der Waals surface area (Å²) in [6, 6.07) is 2.47. The zero-order chi connectivity index (χ0) is 25.3. The first-order valence-electron chi connectivity index (χ1n) is 12.1. The molecule has 3 saturated heterocycles. The van der Waals surface area contributed by atoms with Crippen LogP contribution in [0, 0.1) is 17.0 Å². The lowest BCUT2D eigenvalue weighted by atomic mass is 9.91. The lowest BCUT2D eigenvalue weighted by Crippen LogP contribution is -2.49. The minimum absolute atomic E-state index is 0.0707. The highest BCUT2D eigenvalue weighted by molar-refractivity contribution is 7.89. The summed E-state index contributed by atoms with van der Waals surface area (Å²) < 4.78 is 27.8. The van der Waals surface area contributed by atoms with Gasteiger partial charge in [0.1, 0.15) is 6.04 Å². The van der Waals surface area contributed by atoms with Crippen LogP contribution in [0.2, 0.25) is 0 Å². The Bertz CT molecular complexity index is 1090. The quantitative estimate of drug-likeness (QED) is 0.383. The maximum absolute atomic E-state index is 13.6. The van der Waals surface area contributed by atoms with E-state index < -0.39 is 33.1 Å². The van der Waals surface area contributed by atoms with Crippen LogP contribution in [-0.4, -0.2) is 91.5 Å². The van der Waals surface area contributed by atoms with Crippen molar-refractivity contribution in [1.29, 1.82) is 0 Å². The minimum Gasteiger partial charge on any atom is -0.618 e. The summed E-state index contributed by atoms with van der Waals surface area (Å²) in [6.07, 6.45) is 1.97. The van der Waals surface area contributed by atoms with Gasteiger partial charge in [-0.2, -0.15) is 9.04 Å². The van der Waals surface area contributed by atoms with E-state index in [1.165, 1.54) is 23.1 Å². The highest BCUT2D eigenvalue weighted by Gasteiger charge is 2.55. The Hall–Kier alpha value is -2.57. The SMILES string of the molecule is CC(C)CC(CC(=O)N1CCNCC1)C(=O)N1CCC2C1C(=O)CN2S(=O)(=O)c1cccc[n+]1[O-]. The zero-order valence-corrected chi connectivity index (χ0v) is 20.9. The van der Waals surface area contributed by atoms with E-state index in [0.29, 0.717) is 39.0 Å². The van der Waals surface area contributed by atoms with Gasteiger partial charge in [0.2, 0.25) is 11.8 Å². The molecule has 3 unspecified atom stereocenters. The van der Waals surface area contributed by atoms with E-state index in [2.05, 4.69) is 5.32 Å². The second kappa shape index (κ2) is 10.2. The van der Waals surface area contributed by atoms with Crippen LogP contribution in [-0.2, 0) is 24.4 Å². The summed E-state index contributed by atoms with van der Waals surface area (Å²) in [6.45, 7) is 6.44. The molecule has 0 bridgehead atoms. The lowest BCUT2D eigenvalue weighted by molar-refractivity contribution is -0.646. The summed E-state index contributed by atoms with van der Waals surface area (Å²) in [5.41, 5.74) is 0. The van der Waals surface area contributed by atoms with Gasteiger partial charge in [-0.05, 0) is 24.8 Å². The number of carbonyl (C=O) groups excluding carboxylic acids is 3. The van der Waals surface area contributed by atoms with Crippen LogP contribution in [0.5, 0.6) is 0 Å². The number of fused-ring (bicyclic) bond motifs is 1. The Balaban J connectivity index is 1.53. The predicted molar refractivity (Wildman–Crippen MR) is 125 cm³/mol. The fourth-order valence-electron chi connectivity index (χ4n) is 5.40. The Morgan fingerprint density at radius 2 is 1.91 bits per heavy atom. The first-order valence-corrected chi connectivity index (χ1v) is 13.6. The Morgan fingerprint density at radius 3 is 2.57 bits per heavy atom. The van der Waals surface area contributed by atoms with Gasteiger partial charge < -0.3 is 20.3 Å². The number of nitrogens with one attached hydrogen (secondary N) is 1. The molecule has 4 rings (SSSR count). The van der Waals surface area contributed by atoms with Crippen molar-refractivity contribution in [3.05, 3.63) is 29.6 Å². The fraction of sp³-hybridized carbons (Fsp3) is 0.652. The number of likely N-dealkylation sites (tertiary alicyclic amines) is 1. The van der Waals surface area contributed by atoms with E-state index in [1.807, 2.05) is 13.8 Å². The molecule has 1 N–H and O–H groups in total. The highest BCUT2D eigenvalue weighted by Crippen LogP contribution is 2.35. The first-order chi connectivity index (χ1) is 16.6. The number of rotatable bonds is 7. The molecule has 12 heteroatoms. The number of aromatic nitrogens is 1. The summed E-state index contributed by atoms with van der Waals surface area (Å²) in [7, 11) is -4.22. The number of piperazine rings is 1. The second-order valence-electron chi connectivity index (χ2n) is 9.88. The van der Waals surface area contributed by atoms with Crippen molar-refractivity contribution < 1.29 is 27.5 Å². The maximum Gasteiger partial charge on any atom is 0.323 e. The van der Waals surface area contributed by atoms with E-state index in [1.54, 1.807) is 4.90 Å². The van der Waals surface area contributed by atoms with Crippen molar-refractivity contribution >= 4 is 27.6 Å². The number of amides is 2. The Morgan fingerprint density at radius 1 is 1.20 bits per heavy atom. The average Bonchev–Trinajstić information content (AvgIpc) is 3.40. The molecule has 11 nitrogen and oxygen atoms in total. The van der Waals surface area contributed by atoms with Gasteiger partial charge in [0.05, 0.1) is 12.6 Å². The van der Waals surface area contributed by atoms with Crippen LogP contribution in [0.3, 0.4) is 0 Å². The lowest BCUT2D eigenvalue weighted by Gasteiger charge is -2.31. The molecular weight excluding hydrogens is 474 g/mol. The third kappa shape index (κ3) is 5.05. The van der Waals surface area contributed by atoms with Crippen LogP contribution in [0.15, 0.2) is 29.4 Å². The topological polar surface area (TPSA) is 134 Å². The van der Waals surface area contributed by atoms with Gasteiger partial charge in [0.15, 0.2) is 12.0 Å². The number of hydrogen-bond acceptors (Lipinski definition) is 7. The van der Waals surface area contributed by atoms with Crippen LogP contribution in [0.4, 0.5) is 0 Å². The molecule has 1 aromatic heterocycles. The van der Waals surface area contributed by atoms with E-state index in [9.17, 15) is 28.0 Å². The van der Waals surface area contributed by atoms with E-state index in [-0.39, 0.29) is 47.8 Å². The van der Waals surface area contributed by atoms with Crippen LogP contribution in [0.25, 0.3) is 0 Å². The molecule has 3 atom stereocenters. The third-order valence-corrected chi connectivity index (χ3v) is 8.88. The van der Waals surface area contributed by atoms with Crippen LogP contribution >= 0.6 is 0 Å². The summed E-state index contributed by atoms with van der Waals surface area (Å²) in [4.78, 5) is 42.8. The largest absolute Gasteiger partial charge is 0.618 e. The maximum atomic E-state index is 13.6. The Kier molecular flexibility index (Phi) is 7.43. The molecule has 3 aliphatic heterocycles. The number of pyridine rings is 1. The molecule has 0 aromatic carbocycles. The molecule has 0 aliphatic carbocycles. The number of hydrogen-bond donors (Lipinski definition) is 1. The molecule has 0 spiro atoms. The highest BCUT2D eigenvalue weighted by atomic mass is 32.2. The minimum atomic E-state index is -4.22. The molecule has 192 valence electrons. The normalized spacial score (nSPS) is 24.1. The first kappa shape index (κ1) is 25.5. The smallest absolute Gasteiger partial charge is 0.323 e. The number of carbonyl (C=O) groups is 3. The number of sulfonamides is 1. The van der Waals surface area contributed by atoms with E-state index in [4.69, 9.17) is 0 Å². The molecule has 1 aromatic rings. The summed E-state index contributed by atoms with van der Waals surface area (Å²) in [5.74, 6) is -1.13. The molecule has 35 heavy (non-hydrogen) atoms. The monoisotopic (exact) mass is 507 g/mol. The van der Waals surface area contributed by atoms with Crippen molar-refractivity contribution in [2.45, 2.75) is 50.2 Å². The average molecular weight is 508 g/mol.